The van der Waals surface area contributed by atoms with Gasteiger partial charge in [-0.1, -0.05) is 11.6 Å². The van der Waals surface area contributed by atoms with Crippen molar-refractivity contribution in [1.82, 2.24) is 9.55 Å². The Kier molecular flexibility index (Phi) is 1.76. The molecule has 0 saturated heterocycles. The van der Waals surface area contributed by atoms with Crippen LogP contribution in [0.1, 0.15) is 5.56 Å². The zero-order chi connectivity index (χ0) is 7.72. The van der Waals surface area contributed by atoms with Gasteiger partial charge in [-0.25, -0.2) is 4.79 Å². The quantitative estimate of drug-likeness (QED) is 0.522. The van der Waals surface area contributed by atoms with E-state index in [1.54, 1.807) is 20.2 Å². The summed E-state index contributed by atoms with van der Waals surface area (Å²) >= 11 is 5.56. The lowest BCUT2D eigenvalue weighted by molar-refractivity contribution is 0.801. The largest absolute Gasteiger partial charge is 0.348 e. The predicted octanol–water partition coefficient (Wildman–Crippen LogP) is 0.742. The van der Waals surface area contributed by atoms with Crippen molar-refractivity contribution in [1.29, 1.82) is 0 Å². The van der Waals surface area contributed by atoms with Crippen LogP contribution in [-0.4, -0.2) is 9.55 Å². The first-order valence-corrected chi connectivity index (χ1v) is 3.19. The molecule has 0 bridgehead atoms. The average molecular weight is 159 g/mol. The SMILES string of the molecule is Cc1cn(C)c(=O)nc1Cl. The molecule has 4 heteroatoms. The van der Waals surface area contributed by atoms with Crippen LogP contribution < -0.4 is 5.69 Å². The topological polar surface area (TPSA) is 34.9 Å². The van der Waals surface area contributed by atoms with Gasteiger partial charge in [0.15, 0.2) is 0 Å². The van der Waals surface area contributed by atoms with E-state index in [-0.39, 0.29) is 10.8 Å². The average Bonchev–Trinajstić information content (AvgIpc) is 1.84. The third-order valence-corrected chi connectivity index (χ3v) is 1.59. The van der Waals surface area contributed by atoms with Gasteiger partial charge in [0.1, 0.15) is 5.15 Å². The van der Waals surface area contributed by atoms with Crippen LogP contribution >= 0.6 is 11.6 Å². The van der Waals surface area contributed by atoms with E-state index in [2.05, 4.69) is 4.98 Å². The van der Waals surface area contributed by atoms with E-state index in [1.165, 1.54) is 4.57 Å². The number of aryl methyl sites for hydroxylation is 2. The lowest BCUT2D eigenvalue weighted by Crippen LogP contribution is -2.19. The molecule has 0 unspecified atom stereocenters. The summed E-state index contributed by atoms with van der Waals surface area (Å²) in [6, 6.07) is 0. The molecule has 0 radical (unpaired) electrons. The van der Waals surface area contributed by atoms with Crippen LogP contribution in [0, 0.1) is 6.92 Å². The molecule has 0 aliphatic carbocycles. The normalized spacial score (nSPS) is 9.90. The summed E-state index contributed by atoms with van der Waals surface area (Å²) in [5, 5.41) is 0.281. The summed E-state index contributed by atoms with van der Waals surface area (Å²) in [4.78, 5) is 14.3. The molecule has 0 spiro atoms. The van der Waals surface area contributed by atoms with Gasteiger partial charge >= 0.3 is 5.69 Å². The first-order valence-electron chi connectivity index (χ1n) is 2.81. The maximum absolute atomic E-state index is 10.8. The van der Waals surface area contributed by atoms with E-state index in [4.69, 9.17) is 11.6 Å². The molecule has 1 rings (SSSR count). The monoisotopic (exact) mass is 158 g/mol. The highest BCUT2D eigenvalue weighted by molar-refractivity contribution is 6.30. The number of hydrogen-bond donors (Lipinski definition) is 0. The minimum atomic E-state index is -0.324. The van der Waals surface area contributed by atoms with Crippen molar-refractivity contribution in [2.24, 2.45) is 7.05 Å². The van der Waals surface area contributed by atoms with Crippen molar-refractivity contribution in [2.75, 3.05) is 0 Å². The fourth-order valence-electron chi connectivity index (χ4n) is 0.650. The number of aromatic nitrogens is 2. The van der Waals surface area contributed by atoms with Gasteiger partial charge in [0.2, 0.25) is 0 Å². The van der Waals surface area contributed by atoms with E-state index in [0.717, 1.165) is 5.56 Å². The van der Waals surface area contributed by atoms with E-state index in [0.29, 0.717) is 0 Å². The van der Waals surface area contributed by atoms with Gasteiger partial charge in [-0.2, -0.15) is 4.98 Å². The van der Waals surface area contributed by atoms with Crippen LogP contribution in [0.15, 0.2) is 11.0 Å². The van der Waals surface area contributed by atoms with Crippen LogP contribution in [0.4, 0.5) is 0 Å². The molecule has 0 aliphatic heterocycles. The van der Waals surface area contributed by atoms with Crippen molar-refractivity contribution in [2.45, 2.75) is 6.92 Å². The molecule has 3 nitrogen and oxygen atoms in total. The third-order valence-electron chi connectivity index (χ3n) is 1.21. The minimum Gasteiger partial charge on any atom is -0.302 e. The Morgan fingerprint density at radius 3 is 2.80 bits per heavy atom. The Morgan fingerprint density at radius 1 is 1.70 bits per heavy atom. The summed E-state index contributed by atoms with van der Waals surface area (Å²) < 4.78 is 1.39. The molecule has 10 heavy (non-hydrogen) atoms. The molecule has 0 atom stereocenters. The maximum Gasteiger partial charge on any atom is 0.348 e. The fourth-order valence-corrected chi connectivity index (χ4v) is 0.771. The lowest BCUT2D eigenvalue weighted by Gasteiger charge is -1.97. The van der Waals surface area contributed by atoms with Gasteiger partial charge < -0.3 is 4.57 Å². The Hall–Kier alpha value is -0.830. The highest BCUT2D eigenvalue weighted by Crippen LogP contribution is 2.05. The molecule has 1 heterocycles. The summed E-state index contributed by atoms with van der Waals surface area (Å²) in [5.74, 6) is 0. The molecular formula is C6H7ClN2O. The molecular weight excluding hydrogens is 152 g/mol. The van der Waals surface area contributed by atoms with Gasteiger partial charge in [0, 0.05) is 18.8 Å². The lowest BCUT2D eigenvalue weighted by atomic mass is 10.4. The fraction of sp³-hybridized carbons (Fsp3) is 0.333. The van der Waals surface area contributed by atoms with E-state index < -0.39 is 0 Å². The first-order chi connectivity index (χ1) is 4.61. The highest BCUT2D eigenvalue weighted by atomic mass is 35.5. The maximum atomic E-state index is 10.8. The summed E-state index contributed by atoms with van der Waals surface area (Å²) in [6.07, 6.45) is 1.65. The third kappa shape index (κ3) is 1.19. The van der Waals surface area contributed by atoms with Crippen LogP contribution in [0.2, 0.25) is 5.15 Å². The standard InChI is InChI=1S/C6H7ClN2O/c1-4-3-9(2)6(10)8-5(4)7/h3H,1-2H3. The second-order valence-corrected chi connectivity index (χ2v) is 2.47. The number of halogens is 1. The Morgan fingerprint density at radius 2 is 2.30 bits per heavy atom. The summed E-state index contributed by atoms with van der Waals surface area (Å²) in [5.41, 5.74) is 0.486. The molecule has 0 aromatic carbocycles. The van der Waals surface area contributed by atoms with Gasteiger partial charge in [0.25, 0.3) is 0 Å². The second-order valence-electron chi connectivity index (χ2n) is 2.11. The molecule has 0 aliphatic rings. The van der Waals surface area contributed by atoms with Gasteiger partial charge in [0.05, 0.1) is 0 Å². The van der Waals surface area contributed by atoms with Crippen LogP contribution in [-0.2, 0) is 7.05 Å². The minimum absolute atomic E-state index is 0.281. The number of nitrogens with zero attached hydrogens (tertiary/aromatic N) is 2. The van der Waals surface area contributed by atoms with E-state index in [1.807, 2.05) is 0 Å². The Bertz CT molecular complexity index is 305. The van der Waals surface area contributed by atoms with Crippen molar-refractivity contribution in [3.63, 3.8) is 0 Å². The van der Waals surface area contributed by atoms with Crippen molar-refractivity contribution in [3.8, 4) is 0 Å². The van der Waals surface area contributed by atoms with Crippen molar-refractivity contribution < 1.29 is 0 Å². The molecule has 0 fully saturated rings. The van der Waals surface area contributed by atoms with Crippen molar-refractivity contribution >= 4 is 11.6 Å². The number of rotatable bonds is 0. The molecule has 0 saturated carbocycles. The van der Waals surface area contributed by atoms with Gasteiger partial charge in [-0.15, -0.1) is 0 Å². The van der Waals surface area contributed by atoms with Crippen LogP contribution in [0.5, 0.6) is 0 Å². The van der Waals surface area contributed by atoms with Crippen LogP contribution in [0.3, 0.4) is 0 Å². The Balaban J connectivity index is 3.43. The molecule has 54 valence electrons. The number of hydrogen-bond acceptors (Lipinski definition) is 2. The molecule has 0 N–H and O–H groups in total. The predicted molar refractivity (Wildman–Crippen MR) is 39.2 cm³/mol. The van der Waals surface area contributed by atoms with Crippen LogP contribution in [0.25, 0.3) is 0 Å². The highest BCUT2D eigenvalue weighted by Gasteiger charge is 1.97. The molecule has 1 aromatic rings. The molecule has 0 amide bonds. The second kappa shape index (κ2) is 2.42. The van der Waals surface area contributed by atoms with Gasteiger partial charge in [-0.3, -0.25) is 0 Å². The smallest absolute Gasteiger partial charge is 0.302 e. The van der Waals surface area contributed by atoms with Crippen molar-refractivity contribution in [3.05, 3.63) is 27.4 Å². The van der Waals surface area contributed by atoms with Gasteiger partial charge in [-0.05, 0) is 6.92 Å². The summed E-state index contributed by atoms with van der Waals surface area (Å²) in [7, 11) is 1.64. The first kappa shape index (κ1) is 7.28. The Labute approximate surface area is 63.3 Å². The zero-order valence-corrected chi connectivity index (χ0v) is 6.51. The zero-order valence-electron chi connectivity index (χ0n) is 5.76. The van der Waals surface area contributed by atoms with E-state index in [9.17, 15) is 4.79 Å². The summed E-state index contributed by atoms with van der Waals surface area (Å²) in [6.45, 7) is 1.80. The molecule has 1 aromatic heterocycles. The van der Waals surface area contributed by atoms with E-state index >= 15 is 0 Å².